The van der Waals surface area contributed by atoms with Crippen LogP contribution in [0.4, 0.5) is 16.4 Å². The number of hydrogen-bond acceptors (Lipinski definition) is 8. The van der Waals surface area contributed by atoms with E-state index in [9.17, 15) is 9.59 Å². The fraction of sp³-hybridized carbons (Fsp3) is 0.400. The highest BCUT2D eigenvalue weighted by Gasteiger charge is 2.45. The van der Waals surface area contributed by atoms with E-state index in [0.717, 1.165) is 42.5 Å². The lowest BCUT2D eigenvalue weighted by Crippen LogP contribution is -2.48. The van der Waals surface area contributed by atoms with Gasteiger partial charge in [0, 0.05) is 66.3 Å². The molecule has 12 nitrogen and oxygen atoms in total. The molecule has 0 aliphatic carbocycles. The van der Waals surface area contributed by atoms with Crippen molar-refractivity contribution >= 4 is 41.1 Å². The van der Waals surface area contributed by atoms with Crippen molar-refractivity contribution in [2.24, 2.45) is 10.2 Å². The van der Waals surface area contributed by atoms with Crippen molar-refractivity contribution in [3.63, 3.8) is 0 Å². The number of rotatable bonds is 5. The van der Waals surface area contributed by atoms with Crippen LogP contribution in [0.1, 0.15) is 50.6 Å². The summed E-state index contributed by atoms with van der Waals surface area (Å²) in [5.74, 6) is 1.17. The number of anilines is 2. The van der Waals surface area contributed by atoms with Gasteiger partial charge in [0.15, 0.2) is 5.65 Å². The molecular formula is C25H28N10O2. The van der Waals surface area contributed by atoms with Gasteiger partial charge in [-0.2, -0.15) is 14.7 Å². The third-order valence-electron chi connectivity index (χ3n) is 7.35. The van der Waals surface area contributed by atoms with E-state index >= 15 is 0 Å². The first-order valence-electron chi connectivity index (χ1n) is 12.6. The number of piperidine rings is 1. The van der Waals surface area contributed by atoms with Gasteiger partial charge in [0.2, 0.25) is 0 Å². The van der Waals surface area contributed by atoms with Crippen molar-refractivity contribution in [3.05, 3.63) is 36.3 Å². The maximum absolute atomic E-state index is 13.1. The summed E-state index contributed by atoms with van der Waals surface area (Å²) in [6.07, 6.45) is 9.24. The van der Waals surface area contributed by atoms with Crippen LogP contribution in [0.2, 0.25) is 0 Å². The van der Waals surface area contributed by atoms with Gasteiger partial charge in [0.05, 0.1) is 6.20 Å². The summed E-state index contributed by atoms with van der Waals surface area (Å²) in [5.41, 5.74) is 10.1. The highest BCUT2D eigenvalue weighted by Crippen LogP contribution is 2.43. The molecule has 3 atom stereocenters. The fourth-order valence-electron chi connectivity index (χ4n) is 5.67. The zero-order valence-electron chi connectivity index (χ0n) is 20.5. The number of nitrogen functional groups attached to an aromatic ring is 1. The van der Waals surface area contributed by atoms with Crippen LogP contribution in [0.15, 0.2) is 40.8 Å². The molecule has 1 unspecified atom stereocenters. The van der Waals surface area contributed by atoms with Gasteiger partial charge in [0.25, 0.3) is 5.91 Å². The molecular weight excluding hydrogens is 472 g/mol. The van der Waals surface area contributed by atoms with Gasteiger partial charge in [-0.15, -0.1) is 5.10 Å². The number of urea groups is 1. The number of carbonyl (C=O) groups is 2. The Morgan fingerprint density at radius 1 is 1.16 bits per heavy atom. The second-order valence-corrected chi connectivity index (χ2v) is 9.63. The molecule has 3 aliphatic rings. The molecule has 2 saturated heterocycles. The molecule has 6 heterocycles. The number of nitrogens with two attached hydrogens (primary N) is 1. The quantitative estimate of drug-likeness (QED) is 0.489. The normalized spacial score (nSPS) is 22.4. The van der Waals surface area contributed by atoms with Crippen LogP contribution in [0.5, 0.6) is 0 Å². The molecule has 3 aromatic heterocycles. The Labute approximate surface area is 213 Å². The number of pyridine rings is 1. The summed E-state index contributed by atoms with van der Waals surface area (Å²) in [5, 5.41) is 17.7. The Hall–Kier alpha value is -4.35. The summed E-state index contributed by atoms with van der Waals surface area (Å²) in [6, 6.07) is 5.54. The lowest BCUT2D eigenvalue weighted by atomic mass is 9.87. The van der Waals surface area contributed by atoms with E-state index in [0.29, 0.717) is 36.0 Å². The van der Waals surface area contributed by atoms with E-state index < -0.39 is 0 Å². The minimum atomic E-state index is -0.302. The standard InChI is InChI=1S/C25H28N10O2/c1-2-27-25(37)32-22-6-3-14(12-28-22)18-13-30-35-21(26)11-20(31-23(18)35)15-9-16-4-5-17(10-15)34(16)24(36)19-7-8-29-33-19/h3,6,8,11-13,15-17H,2,4-5,7,9-10,26H2,1H3,(H2,27,28,32,37)/t15?,16-,17+. The third-order valence-corrected chi connectivity index (χ3v) is 7.35. The molecule has 2 fully saturated rings. The minimum absolute atomic E-state index is 0.0158. The topological polar surface area (TPSA) is 155 Å². The van der Waals surface area contributed by atoms with Crippen molar-refractivity contribution in [1.29, 1.82) is 0 Å². The van der Waals surface area contributed by atoms with E-state index in [-0.39, 0.29) is 29.9 Å². The maximum Gasteiger partial charge on any atom is 0.320 e. The summed E-state index contributed by atoms with van der Waals surface area (Å²) in [6.45, 7) is 2.38. The van der Waals surface area contributed by atoms with E-state index in [1.807, 2.05) is 24.0 Å². The zero-order chi connectivity index (χ0) is 25.5. The van der Waals surface area contributed by atoms with E-state index in [4.69, 9.17) is 10.7 Å². The zero-order valence-corrected chi connectivity index (χ0v) is 20.5. The van der Waals surface area contributed by atoms with Gasteiger partial charge < -0.3 is 16.0 Å². The predicted octanol–water partition coefficient (Wildman–Crippen LogP) is 2.58. The van der Waals surface area contributed by atoms with Crippen molar-refractivity contribution < 1.29 is 9.59 Å². The van der Waals surface area contributed by atoms with Crippen LogP contribution < -0.4 is 16.4 Å². The first-order valence-corrected chi connectivity index (χ1v) is 12.6. The lowest BCUT2D eigenvalue weighted by molar-refractivity contribution is -0.128. The molecule has 3 amide bonds. The number of aromatic nitrogens is 4. The lowest BCUT2D eigenvalue weighted by Gasteiger charge is -2.38. The Morgan fingerprint density at radius 2 is 1.97 bits per heavy atom. The molecule has 12 heteroatoms. The molecule has 3 aliphatic heterocycles. The van der Waals surface area contributed by atoms with Gasteiger partial charge in [-0.3, -0.25) is 10.1 Å². The Bertz CT molecular complexity index is 1410. The Morgan fingerprint density at radius 3 is 2.65 bits per heavy atom. The van der Waals surface area contributed by atoms with Gasteiger partial charge >= 0.3 is 6.03 Å². The van der Waals surface area contributed by atoms with Crippen LogP contribution in [-0.4, -0.2) is 67.0 Å². The molecule has 4 N–H and O–H groups in total. The van der Waals surface area contributed by atoms with Crippen LogP contribution in [0, 0.1) is 0 Å². The smallest absolute Gasteiger partial charge is 0.320 e. The molecule has 3 aromatic rings. The van der Waals surface area contributed by atoms with Gasteiger partial charge in [-0.05, 0) is 44.7 Å². The number of amides is 3. The average Bonchev–Trinajstić information content (AvgIpc) is 3.63. The summed E-state index contributed by atoms with van der Waals surface area (Å²) in [7, 11) is 0. The van der Waals surface area contributed by atoms with Crippen molar-refractivity contribution in [2.45, 2.75) is 57.0 Å². The predicted molar refractivity (Wildman–Crippen MR) is 140 cm³/mol. The van der Waals surface area contributed by atoms with Crippen LogP contribution in [-0.2, 0) is 4.79 Å². The van der Waals surface area contributed by atoms with Crippen LogP contribution in [0.3, 0.4) is 0 Å². The number of carbonyl (C=O) groups excluding carboxylic acids is 2. The highest BCUT2D eigenvalue weighted by atomic mass is 16.2. The number of hydrogen-bond donors (Lipinski definition) is 3. The summed E-state index contributed by atoms with van der Waals surface area (Å²) < 4.78 is 1.63. The van der Waals surface area contributed by atoms with Crippen molar-refractivity contribution in [2.75, 3.05) is 17.6 Å². The Balaban J connectivity index is 1.25. The largest absolute Gasteiger partial charge is 0.384 e. The first-order chi connectivity index (χ1) is 18.0. The monoisotopic (exact) mass is 500 g/mol. The maximum atomic E-state index is 13.1. The van der Waals surface area contributed by atoms with Gasteiger partial charge in [-0.25, -0.2) is 14.8 Å². The molecule has 0 aromatic carbocycles. The van der Waals surface area contributed by atoms with Crippen LogP contribution in [0.25, 0.3) is 16.8 Å². The van der Waals surface area contributed by atoms with E-state index in [2.05, 4.69) is 30.9 Å². The number of nitrogens with zero attached hydrogens (tertiary/aromatic N) is 7. The van der Waals surface area contributed by atoms with E-state index in [1.54, 1.807) is 29.2 Å². The molecule has 37 heavy (non-hydrogen) atoms. The fourth-order valence-corrected chi connectivity index (χ4v) is 5.67. The second kappa shape index (κ2) is 9.26. The molecule has 6 rings (SSSR count). The van der Waals surface area contributed by atoms with Crippen molar-refractivity contribution in [3.8, 4) is 11.1 Å². The summed E-state index contributed by atoms with van der Waals surface area (Å²) in [4.78, 5) is 36.2. The molecule has 2 bridgehead atoms. The van der Waals surface area contributed by atoms with E-state index in [1.165, 1.54) is 0 Å². The van der Waals surface area contributed by atoms with Gasteiger partial charge in [0.1, 0.15) is 17.3 Å². The molecule has 190 valence electrons. The molecule has 0 saturated carbocycles. The molecule has 0 radical (unpaired) electrons. The molecule has 0 spiro atoms. The second-order valence-electron chi connectivity index (χ2n) is 9.63. The Kier molecular flexibility index (Phi) is 5.78. The number of fused-ring (bicyclic) bond motifs is 3. The minimum Gasteiger partial charge on any atom is -0.384 e. The SMILES string of the molecule is CCNC(=O)Nc1ccc(-c2cnn3c(N)cc(C4C[C@H]5CC[C@@H](C4)N5C(=O)C4=NN=CC4)nc23)cn1. The van der Waals surface area contributed by atoms with Crippen LogP contribution >= 0.6 is 0 Å². The van der Waals surface area contributed by atoms with Crippen molar-refractivity contribution in [1.82, 2.24) is 29.8 Å². The number of nitrogens with one attached hydrogen (secondary N) is 2. The first kappa shape index (κ1) is 23.1. The average molecular weight is 501 g/mol. The summed E-state index contributed by atoms with van der Waals surface area (Å²) >= 11 is 0. The highest BCUT2D eigenvalue weighted by molar-refractivity contribution is 6.42. The third kappa shape index (κ3) is 4.17. The van der Waals surface area contributed by atoms with Gasteiger partial charge in [-0.1, -0.05) is 0 Å².